The second kappa shape index (κ2) is 4.60. The number of amides is 1. The molecule has 0 aliphatic rings. The predicted molar refractivity (Wildman–Crippen MR) is 53.1 cm³/mol. The second-order valence-corrected chi connectivity index (χ2v) is 3.15. The molecule has 1 aromatic rings. The van der Waals surface area contributed by atoms with Gasteiger partial charge in [0.05, 0.1) is 0 Å². The van der Waals surface area contributed by atoms with Crippen LogP contribution in [0.15, 0.2) is 18.3 Å². The SMILES string of the molecule is CCC(C)NC(=O)c1ncccc1O. The van der Waals surface area contributed by atoms with Crippen LogP contribution in [0.25, 0.3) is 0 Å². The maximum atomic E-state index is 11.5. The van der Waals surface area contributed by atoms with Crippen molar-refractivity contribution in [3.05, 3.63) is 24.0 Å². The zero-order valence-corrected chi connectivity index (χ0v) is 8.32. The van der Waals surface area contributed by atoms with Crippen LogP contribution in [0.1, 0.15) is 30.8 Å². The van der Waals surface area contributed by atoms with Crippen molar-refractivity contribution in [3.8, 4) is 5.75 Å². The number of aromatic nitrogens is 1. The van der Waals surface area contributed by atoms with E-state index >= 15 is 0 Å². The van der Waals surface area contributed by atoms with E-state index in [0.29, 0.717) is 0 Å². The van der Waals surface area contributed by atoms with E-state index in [1.54, 1.807) is 6.07 Å². The fraction of sp³-hybridized carbons (Fsp3) is 0.400. The lowest BCUT2D eigenvalue weighted by molar-refractivity contribution is 0.0931. The number of nitrogens with one attached hydrogen (secondary N) is 1. The van der Waals surface area contributed by atoms with Gasteiger partial charge in [-0.25, -0.2) is 4.98 Å². The van der Waals surface area contributed by atoms with E-state index < -0.39 is 0 Å². The zero-order chi connectivity index (χ0) is 10.6. The molecule has 0 bridgehead atoms. The molecule has 1 unspecified atom stereocenters. The molecular weight excluding hydrogens is 180 g/mol. The molecule has 76 valence electrons. The third-order valence-corrected chi connectivity index (χ3v) is 1.99. The Hall–Kier alpha value is -1.58. The summed E-state index contributed by atoms with van der Waals surface area (Å²) in [5.74, 6) is -0.425. The number of hydrogen-bond donors (Lipinski definition) is 2. The molecule has 4 heteroatoms. The van der Waals surface area contributed by atoms with Gasteiger partial charge >= 0.3 is 0 Å². The molecule has 1 heterocycles. The van der Waals surface area contributed by atoms with Crippen LogP contribution in [-0.2, 0) is 0 Å². The van der Waals surface area contributed by atoms with Crippen LogP contribution < -0.4 is 5.32 Å². The molecule has 1 aromatic heterocycles. The topological polar surface area (TPSA) is 62.2 Å². The lowest BCUT2D eigenvalue weighted by Crippen LogP contribution is -2.32. The monoisotopic (exact) mass is 194 g/mol. The van der Waals surface area contributed by atoms with Crippen molar-refractivity contribution >= 4 is 5.91 Å². The molecule has 0 aliphatic heterocycles. The van der Waals surface area contributed by atoms with E-state index in [1.165, 1.54) is 12.3 Å². The molecule has 4 nitrogen and oxygen atoms in total. The lowest BCUT2D eigenvalue weighted by Gasteiger charge is -2.10. The molecule has 0 radical (unpaired) electrons. The Morgan fingerprint density at radius 2 is 2.43 bits per heavy atom. The molecule has 0 saturated carbocycles. The van der Waals surface area contributed by atoms with Crippen LogP contribution in [0, 0.1) is 0 Å². The van der Waals surface area contributed by atoms with E-state index in [-0.39, 0.29) is 23.4 Å². The summed E-state index contributed by atoms with van der Waals surface area (Å²) in [5.41, 5.74) is 0.0767. The number of aromatic hydroxyl groups is 1. The van der Waals surface area contributed by atoms with Crippen LogP contribution >= 0.6 is 0 Å². The molecule has 1 atom stereocenters. The zero-order valence-electron chi connectivity index (χ0n) is 8.32. The van der Waals surface area contributed by atoms with E-state index in [9.17, 15) is 9.90 Å². The quantitative estimate of drug-likeness (QED) is 0.762. The number of pyridine rings is 1. The van der Waals surface area contributed by atoms with Crippen molar-refractivity contribution in [2.75, 3.05) is 0 Å². The standard InChI is InChI=1S/C10H14N2O2/c1-3-7(2)12-10(14)9-8(13)5-4-6-11-9/h4-7,13H,3H2,1-2H3,(H,12,14). The summed E-state index contributed by atoms with van der Waals surface area (Å²) in [7, 11) is 0. The van der Waals surface area contributed by atoms with Gasteiger partial charge in [0.2, 0.25) is 0 Å². The summed E-state index contributed by atoms with van der Waals surface area (Å²) in [4.78, 5) is 15.3. The number of rotatable bonds is 3. The lowest BCUT2D eigenvalue weighted by atomic mass is 10.2. The van der Waals surface area contributed by atoms with Gasteiger partial charge in [-0.3, -0.25) is 4.79 Å². The van der Waals surface area contributed by atoms with Crippen molar-refractivity contribution in [2.24, 2.45) is 0 Å². The average molecular weight is 194 g/mol. The Kier molecular flexibility index (Phi) is 3.45. The van der Waals surface area contributed by atoms with E-state index in [4.69, 9.17) is 0 Å². The second-order valence-electron chi connectivity index (χ2n) is 3.15. The van der Waals surface area contributed by atoms with Crippen molar-refractivity contribution in [1.82, 2.24) is 10.3 Å². The van der Waals surface area contributed by atoms with Crippen molar-refractivity contribution in [3.63, 3.8) is 0 Å². The number of hydrogen-bond acceptors (Lipinski definition) is 3. The Bertz CT molecular complexity index is 326. The first kappa shape index (κ1) is 10.5. The van der Waals surface area contributed by atoms with E-state index in [1.807, 2.05) is 13.8 Å². The summed E-state index contributed by atoms with van der Waals surface area (Å²) in [6, 6.07) is 3.11. The molecule has 0 fully saturated rings. The van der Waals surface area contributed by atoms with Gasteiger partial charge in [-0.1, -0.05) is 6.92 Å². The fourth-order valence-corrected chi connectivity index (χ4v) is 0.966. The summed E-state index contributed by atoms with van der Waals surface area (Å²) in [6.45, 7) is 3.88. The van der Waals surface area contributed by atoms with Crippen LogP contribution in [0.3, 0.4) is 0 Å². The minimum absolute atomic E-state index is 0.0767. The van der Waals surface area contributed by atoms with Gasteiger partial charge < -0.3 is 10.4 Å². The number of carbonyl (C=O) groups excluding carboxylic acids is 1. The van der Waals surface area contributed by atoms with Gasteiger partial charge in [-0.05, 0) is 25.5 Å². The maximum Gasteiger partial charge on any atom is 0.273 e. The minimum Gasteiger partial charge on any atom is -0.505 e. The highest BCUT2D eigenvalue weighted by Crippen LogP contribution is 2.12. The highest BCUT2D eigenvalue weighted by molar-refractivity contribution is 5.94. The highest BCUT2D eigenvalue weighted by atomic mass is 16.3. The molecule has 0 saturated heterocycles. The number of nitrogens with zero attached hydrogens (tertiary/aromatic N) is 1. The summed E-state index contributed by atoms with van der Waals surface area (Å²) >= 11 is 0. The summed E-state index contributed by atoms with van der Waals surface area (Å²) in [6.07, 6.45) is 2.32. The minimum atomic E-state index is -0.336. The van der Waals surface area contributed by atoms with Crippen LogP contribution in [0.2, 0.25) is 0 Å². The van der Waals surface area contributed by atoms with Crippen molar-refractivity contribution < 1.29 is 9.90 Å². The summed E-state index contributed by atoms with van der Waals surface area (Å²) < 4.78 is 0. The molecule has 14 heavy (non-hydrogen) atoms. The van der Waals surface area contributed by atoms with Crippen molar-refractivity contribution in [1.29, 1.82) is 0 Å². The van der Waals surface area contributed by atoms with Gasteiger partial charge in [0, 0.05) is 12.2 Å². The largest absolute Gasteiger partial charge is 0.505 e. The van der Waals surface area contributed by atoms with Gasteiger partial charge in [0.15, 0.2) is 5.69 Å². The maximum absolute atomic E-state index is 11.5. The van der Waals surface area contributed by atoms with Gasteiger partial charge in [0.1, 0.15) is 5.75 Å². The average Bonchev–Trinajstić information content (AvgIpc) is 2.18. The van der Waals surface area contributed by atoms with Crippen LogP contribution in [-0.4, -0.2) is 22.0 Å². The first-order chi connectivity index (χ1) is 6.65. The van der Waals surface area contributed by atoms with E-state index in [2.05, 4.69) is 10.3 Å². The Morgan fingerprint density at radius 3 is 3.00 bits per heavy atom. The Labute approximate surface area is 83.0 Å². The van der Waals surface area contributed by atoms with E-state index in [0.717, 1.165) is 6.42 Å². The normalized spacial score (nSPS) is 12.1. The molecular formula is C10H14N2O2. The van der Waals surface area contributed by atoms with Crippen LogP contribution in [0.4, 0.5) is 0 Å². The molecule has 2 N–H and O–H groups in total. The predicted octanol–water partition coefficient (Wildman–Crippen LogP) is 1.32. The summed E-state index contributed by atoms with van der Waals surface area (Å²) in [5, 5.41) is 12.1. The highest BCUT2D eigenvalue weighted by Gasteiger charge is 2.13. The molecule has 0 spiro atoms. The third-order valence-electron chi connectivity index (χ3n) is 1.99. The smallest absolute Gasteiger partial charge is 0.273 e. The molecule has 1 amide bonds. The van der Waals surface area contributed by atoms with Gasteiger partial charge in [0.25, 0.3) is 5.91 Å². The Morgan fingerprint density at radius 1 is 1.71 bits per heavy atom. The first-order valence-electron chi connectivity index (χ1n) is 4.60. The molecule has 0 aliphatic carbocycles. The molecule has 0 aromatic carbocycles. The third kappa shape index (κ3) is 2.45. The fourth-order valence-electron chi connectivity index (χ4n) is 0.966. The molecule has 1 rings (SSSR count). The van der Waals surface area contributed by atoms with Gasteiger partial charge in [-0.15, -0.1) is 0 Å². The van der Waals surface area contributed by atoms with Gasteiger partial charge in [-0.2, -0.15) is 0 Å². The first-order valence-corrected chi connectivity index (χ1v) is 4.60. The van der Waals surface area contributed by atoms with Crippen molar-refractivity contribution in [2.45, 2.75) is 26.3 Å². The number of carbonyl (C=O) groups is 1. The Balaban J connectivity index is 2.75. The van der Waals surface area contributed by atoms with Crippen LogP contribution in [0.5, 0.6) is 5.75 Å².